The quantitative estimate of drug-likeness (QED) is 0.498. The van der Waals surface area contributed by atoms with Gasteiger partial charge in [-0.15, -0.1) is 0 Å². The molecular formula is C11H18. The van der Waals surface area contributed by atoms with Crippen LogP contribution in [0.5, 0.6) is 0 Å². The molecule has 0 heteroatoms. The summed E-state index contributed by atoms with van der Waals surface area (Å²) in [5.41, 5.74) is 0. The van der Waals surface area contributed by atoms with Crippen molar-refractivity contribution in [2.24, 2.45) is 29.6 Å². The van der Waals surface area contributed by atoms with Gasteiger partial charge in [0.1, 0.15) is 0 Å². The van der Waals surface area contributed by atoms with Crippen molar-refractivity contribution >= 4 is 0 Å². The van der Waals surface area contributed by atoms with Crippen LogP contribution in [0.2, 0.25) is 0 Å². The fraction of sp³-hybridized carbons (Fsp3) is 1.00. The van der Waals surface area contributed by atoms with E-state index in [1.54, 1.807) is 32.1 Å². The minimum atomic E-state index is 1.07. The van der Waals surface area contributed by atoms with Crippen LogP contribution in [0.25, 0.3) is 0 Å². The van der Waals surface area contributed by atoms with E-state index in [1.165, 1.54) is 17.8 Å². The van der Waals surface area contributed by atoms with E-state index in [0.717, 1.165) is 11.8 Å². The molecule has 0 saturated heterocycles. The third-order valence-corrected chi connectivity index (χ3v) is 4.78. The second-order valence-electron chi connectivity index (χ2n) is 5.13. The summed E-state index contributed by atoms with van der Waals surface area (Å²) in [5, 5.41) is 0. The molecule has 0 nitrogen and oxygen atoms in total. The lowest BCUT2D eigenvalue weighted by Crippen LogP contribution is -2.41. The Morgan fingerprint density at radius 2 is 1.64 bits per heavy atom. The molecule has 11 heavy (non-hydrogen) atoms. The van der Waals surface area contributed by atoms with Gasteiger partial charge in [-0.3, -0.25) is 0 Å². The molecule has 0 N–H and O–H groups in total. The third kappa shape index (κ3) is 0.711. The Kier molecular flexibility index (Phi) is 1.20. The maximum atomic E-state index is 2.49. The van der Waals surface area contributed by atoms with Crippen LogP contribution in [-0.2, 0) is 0 Å². The maximum absolute atomic E-state index is 2.49. The molecule has 0 aromatic carbocycles. The van der Waals surface area contributed by atoms with E-state index >= 15 is 0 Å². The maximum Gasteiger partial charge on any atom is -0.0326 e. The molecule has 3 aliphatic carbocycles. The van der Waals surface area contributed by atoms with Crippen LogP contribution in [-0.4, -0.2) is 0 Å². The van der Waals surface area contributed by atoms with Gasteiger partial charge in [-0.05, 0) is 55.3 Å². The first-order valence-electron chi connectivity index (χ1n) is 5.36. The Morgan fingerprint density at radius 1 is 0.909 bits per heavy atom. The highest BCUT2D eigenvalue weighted by molar-refractivity contribution is 5.02. The van der Waals surface area contributed by atoms with Crippen molar-refractivity contribution in [1.82, 2.24) is 0 Å². The Labute approximate surface area is 69.4 Å². The first-order valence-corrected chi connectivity index (χ1v) is 5.36. The van der Waals surface area contributed by atoms with E-state index < -0.39 is 0 Å². The van der Waals surface area contributed by atoms with Gasteiger partial charge >= 0.3 is 0 Å². The van der Waals surface area contributed by atoms with Gasteiger partial charge in [0.15, 0.2) is 0 Å². The third-order valence-electron chi connectivity index (χ3n) is 4.78. The van der Waals surface area contributed by atoms with Gasteiger partial charge in [0.25, 0.3) is 0 Å². The normalized spacial score (nSPS) is 60.3. The van der Waals surface area contributed by atoms with Crippen LogP contribution >= 0.6 is 0 Å². The summed E-state index contributed by atoms with van der Waals surface area (Å²) in [6, 6.07) is 0. The van der Waals surface area contributed by atoms with Crippen molar-refractivity contribution in [1.29, 1.82) is 0 Å². The number of hydrogen-bond donors (Lipinski definition) is 0. The van der Waals surface area contributed by atoms with Crippen molar-refractivity contribution < 1.29 is 0 Å². The summed E-state index contributed by atoms with van der Waals surface area (Å²) in [5.74, 6) is 5.81. The standard InChI is InChI=1S/C11H18/c1-7-2-3-8-6-9-4-5-10(7)11(8)9/h7-11H,2-6H2,1H3. The van der Waals surface area contributed by atoms with Gasteiger partial charge < -0.3 is 0 Å². The van der Waals surface area contributed by atoms with Crippen LogP contribution in [0, 0.1) is 29.6 Å². The molecular weight excluding hydrogens is 132 g/mol. The zero-order chi connectivity index (χ0) is 7.42. The van der Waals surface area contributed by atoms with E-state index in [9.17, 15) is 0 Å². The molecule has 3 aliphatic rings. The minimum Gasteiger partial charge on any atom is -0.0622 e. The van der Waals surface area contributed by atoms with Crippen LogP contribution in [0.1, 0.15) is 39.0 Å². The highest BCUT2D eigenvalue weighted by Gasteiger charge is 2.52. The number of hydrogen-bond acceptors (Lipinski definition) is 0. The summed E-state index contributed by atoms with van der Waals surface area (Å²) in [6.07, 6.45) is 7.87. The van der Waals surface area contributed by atoms with Crippen molar-refractivity contribution in [2.75, 3.05) is 0 Å². The Balaban J connectivity index is 1.86. The van der Waals surface area contributed by atoms with Crippen LogP contribution < -0.4 is 0 Å². The molecule has 3 rings (SSSR count). The van der Waals surface area contributed by atoms with Gasteiger partial charge in [-0.2, -0.15) is 0 Å². The number of rotatable bonds is 0. The molecule has 0 aromatic rings. The molecule has 0 amide bonds. The van der Waals surface area contributed by atoms with Crippen molar-refractivity contribution in [2.45, 2.75) is 39.0 Å². The van der Waals surface area contributed by atoms with Crippen molar-refractivity contribution in [3.05, 3.63) is 0 Å². The molecule has 0 radical (unpaired) electrons. The molecule has 0 aromatic heterocycles. The SMILES string of the molecule is CC1CCC2CC3CCC1C23. The smallest absolute Gasteiger partial charge is 0.0326 e. The summed E-state index contributed by atoms with van der Waals surface area (Å²) in [6.45, 7) is 2.49. The molecule has 3 saturated carbocycles. The molecule has 0 bridgehead atoms. The van der Waals surface area contributed by atoms with Crippen LogP contribution in [0.15, 0.2) is 0 Å². The molecule has 5 unspecified atom stereocenters. The van der Waals surface area contributed by atoms with Gasteiger partial charge in [-0.25, -0.2) is 0 Å². The highest BCUT2D eigenvalue weighted by Crippen LogP contribution is 2.61. The lowest BCUT2D eigenvalue weighted by Gasteiger charge is -2.49. The first kappa shape index (κ1) is 6.51. The van der Waals surface area contributed by atoms with Gasteiger partial charge in [0.2, 0.25) is 0 Å². The fourth-order valence-corrected chi connectivity index (χ4v) is 4.17. The average molecular weight is 150 g/mol. The Morgan fingerprint density at radius 3 is 2.36 bits per heavy atom. The average Bonchev–Trinajstić information content (AvgIpc) is 2.30. The molecule has 0 aliphatic heterocycles. The van der Waals surface area contributed by atoms with Crippen molar-refractivity contribution in [3.8, 4) is 0 Å². The zero-order valence-electron chi connectivity index (χ0n) is 7.42. The lowest BCUT2D eigenvalue weighted by molar-refractivity contribution is 0.00152. The fourth-order valence-electron chi connectivity index (χ4n) is 4.17. The summed E-state index contributed by atoms with van der Waals surface area (Å²) < 4.78 is 0. The van der Waals surface area contributed by atoms with Gasteiger partial charge in [-0.1, -0.05) is 13.3 Å². The summed E-state index contributed by atoms with van der Waals surface area (Å²) in [7, 11) is 0. The second kappa shape index (κ2) is 2.02. The molecule has 5 atom stereocenters. The van der Waals surface area contributed by atoms with Crippen LogP contribution in [0.3, 0.4) is 0 Å². The van der Waals surface area contributed by atoms with E-state index in [0.29, 0.717) is 0 Å². The monoisotopic (exact) mass is 150 g/mol. The highest BCUT2D eigenvalue weighted by atomic mass is 14.6. The van der Waals surface area contributed by atoms with E-state index in [4.69, 9.17) is 0 Å². The molecule has 3 fully saturated rings. The van der Waals surface area contributed by atoms with Crippen LogP contribution in [0.4, 0.5) is 0 Å². The summed E-state index contributed by atoms with van der Waals surface area (Å²) >= 11 is 0. The summed E-state index contributed by atoms with van der Waals surface area (Å²) in [4.78, 5) is 0. The first-order chi connectivity index (χ1) is 5.36. The van der Waals surface area contributed by atoms with E-state index in [1.807, 2.05) is 0 Å². The van der Waals surface area contributed by atoms with Crippen molar-refractivity contribution in [3.63, 3.8) is 0 Å². The topological polar surface area (TPSA) is 0 Å². The van der Waals surface area contributed by atoms with E-state index in [2.05, 4.69) is 6.92 Å². The van der Waals surface area contributed by atoms with Gasteiger partial charge in [0, 0.05) is 0 Å². The predicted molar refractivity (Wildman–Crippen MR) is 46.2 cm³/mol. The minimum absolute atomic E-state index is 1.07. The predicted octanol–water partition coefficient (Wildman–Crippen LogP) is 3.08. The van der Waals surface area contributed by atoms with E-state index in [-0.39, 0.29) is 0 Å². The Bertz CT molecular complexity index is 167. The lowest BCUT2D eigenvalue weighted by atomic mass is 9.56. The second-order valence-corrected chi connectivity index (χ2v) is 5.13. The molecule has 62 valence electrons. The Hall–Kier alpha value is 0. The van der Waals surface area contributed by atoms with Gasteiger partial charge in [0.05, 0.1) is 0 Å². The largest absolute Gasteiger partial charge is 0.0622 e. The molecule has 0 heterocycles. The zero-order valence-corrected chi connectivity index (χ0v) is 7.42. The molecule has 0 spiro atoms.